The minimum absolute atomic E-state index is 0.0563. The molecule has 1 aromatic rings. The molecule has 0 unspecified atom stereocenters. The molecule has 104 valence electrons. The second-order valence-corrected chi connectivity index (χ2v) is 4.49. The van der Waals surface area contributed by atoms with Gasteiger partial charge in [0.1, 0.15) is 5.69 Å². The first-order valence-corrected chi connectivity index (χ1v) is 6.37. The van der Waals surface area contributed by atoms with Crippen molar-refractivity contribution >= 4 is 11.7 Å². The van der Waals surface area contributed by atoms with Gasteiger partial charge in [-0.3, -0.25) is 0 Å². The summed E-state index contributed by atoms with van der Waals surface area (Å²) in [5.41, 5.74) is 0.996. The molecule has 0 saturated carbocycles. The third kappa shape index (κ3) is 3.65. The highest BCUT2D eigenvalue weighted by Crippen LogP contribution is 2.20. The average Bonchev–Trinajstić information content (AvgIpc) is 2.46. The van der Waals surface area contributed by atoms with Crippen molar-refractivity contribution in [3.05, 3.63) is 24.0 Å². The van der Waals surface area contributed by atoms with Crippen LogP contribution in [0.15, 0.2) is 18.3 Å². The normalized spacial score (nSPS) is 16.6. The molecule has 1 aliphatic rings. The molecule has 1 aliphatic heterocycles. The lowest BCUT2D eigenvalue weighted by Gasteiger charge is -2.33. The minimum Gasteiger partial charge on any atom is -0.477 e. The summed E-state index contributed by atoms with van der Waals surface area (Å²) in [7, 11) is 0. The van der Waals surface area contributed by atoms with Crippen LogP contribution in [0.25, 0.3) is 0 Å². The Morgan fingerprint density at radius 1 is 1.42 bits per heavy atom. The number of anilines is 1. The zero-order valence-electron chi connectivity index (χ0n) is 10.7. The van der Waals surface area contributed by atoms with Gasteiger partial charge < -0.3 is 19.8 Å². The highest BCUT2D eigenvalue weighted by Gasteiger charge is 2.20. The van der Waals surface area contributed by atoms with Gasteiger partial charge in [0, 0.05) is 13.1 Å². The van der Waals surface area contributed by atoms with Gasteiger partial charge in [-0.25, -0.2) is 9.78 Å². The van der Waals surface area contributed by atoms with Crippen molar-refractivity contribution in [3.8, 4) is 0 Å². The molecule has 2 N–H and O–H groups in total. The summed E-state index contributed by atoms with van der Waals surface area (Å²) in [6.45, 7) is 2.15. The Labute approximate surface area is 111 Å². The van der Waals surface area contributed by atoms with E-state index in [9.17, 15) is 4.79 Å². The van der Waals surface area contributed by atoms with E-state index in [1.165, 1.54) is 6.07 Å². The number of pyridine rings is 1. The molecule has 0 amide bonds. The molecule has 0 bridgehead atoms. The first kappa shape index (κ1) is 13.8. The van der Waals surface area contributed by atoms with Crippen LogP contribution in [0.5, 0.6) is 0 Å². The van der Waals surface area contributed by atoms with Gasteiger partial charge >= 0.3 is 5.97 Å². The maximum atomic E-state index is 10.7. The van der Waals surface area contributed by atoms with E-state index in [4.69, 9.17) is 14.9 Å². The summed E-state index contributed by atoms with van der Waals surface area (Å²) in [6, 6.07) is 3.30. The second kappa shape index (κ2) is 6.49. The van der Waals surface area contributed by atoms with Crippen molar-refractivity contribution in [1.29, 1.82) is 0 Å². The van der Waals surface area contributed by atoms with Crippen LogP contribution in [0, 0.1) is 0 Å². The Bertz CT molecular complexity index is 413. The molecule has 19 heavy (non-hydrogen) atoms. The molecule has 6 heteroatoms. The monoisotopic (exact) mass is 266 g/mol. The van der Waals surface area contributed by atoms with Crippen LogP contribution in [-0.2, 0) is 4.74 Å². The average molecular weight is 266 g/mol. The number of nitrogens with zero attached hydrogens (tertiary/aromatic N) is 2. The number of piperidine rings is 1. The lowest BCUT2D eigenvalue weighted by molar-refractivity contribution is 0.0159. The standard InChI is InChI=1S/C13H18N2O4/c16-7-8-19-11-3-5-15(6-4-11)10-1-2-12(13(17)18)14-9-10/h1-2,9,11,16H,3-8H2,(H,17,18). The Hall–Kier alpha value is -1.66. The van der Waals surface area contributed by atoms with Gasteiger partial charge in [-0.2, -0.15) is 0 Å². The predicted octanol–water partition coefficient (Wildman–Crippen LogP) is 0.758. The van der Waals surface area contributed by atoms with Crippen molar-refractivity contribution in [1.82, 2.24) is 4.98 Å². The molecule has 0 atom stereocenters. The van der Waals surface area contributed by atoms with Crippen LogP contribution in [0.3, 0.4) is 0 Å². The van der Waals surface area contributed by atoms with E-state index >= 15 is 0 Å². The van der Waals surface area contributed by atoms with Gasteiger partial charge in [-0.05, 0) is 25.0 Å². The fraction of sp³-hybridized carbons (Fsp3) is 0.538. The lowest BCUT2D eigenvalue weighted by atomic mass is 10.1. The first-order valence-electron chi connectivity index (χ1n) is 6.37. The van der Waals surface area contributed by atoms with E-state index in [-0.39, 0.29) is 18.4 Å². The number of carboxylic acid groups (broad SMARTS) is 1. The summed E-state index contributed by atoms with van der Waals surface area (Å²) in [5.74, 6) is -1.01. The summed E-state index contributed by atoms with van der Waals surface area (Å²) in [4.78, 5) is 16.8. The third-order valence-corrected chi connectivity index (χ3v) is 3.22. The van der Waals surface area contributed by atoms with Gasteiger partial charge in [0.25, 0.3) is 0 Å². The van der Waals surface area contributed by atoms with E-state index < -0.39 is 5.97 Å². The van der Waals surface area contributed by atoms with Crippen LogP contribution < -0.4 is 4.90 Å². The number of carbonyl (C=O) groups is 1. The van der Waals surface area contributed by atoms with Gasteiger partial charge in [0.2, 0.25) is 0 Å². The largest absolute Gasteiger partial charge is 0.477 e. The van der Waals surface area contributed by atoms with Crippen LogP contribution >= 0.6 is 0 Å². The summed E-state index contributed by atoms with van der Waals surface area (Å²) in [5, 5.41) is 17.5. The minimum atomic E-state index is -1.01. The highest BCUT2D eigenvalue weighted by molar-refractivity contribution is 5.85. The third-order valence-electron chi connectivity index (χ3n) is 3.22. The molecule has 0 aliphatic carbocycles. The Morgan fingerprint density at radius 2 is 2.16 bits per heavy atom. The smallest absolute Gasteiger partial charge is 0.354 e. The number of aromatic carboxylic acids is 1. The van der Waals surface area contributed by atoms with Crippen molar-refractivity contribution < 1.29 is 19.7 Å². The van der Waals surface area contributed by atoms with Gasteiger partial charge in [-0.15, -0.1) is 0 Å². The van der Waals surface area contributed by atoms with Gasteiger partial charge in [0.05, 0.1) is 31.2 Å². The highest BCUT2D eigenvalue weighted by atomic mass is 16.5. The lowest BCUT2D eigenvalue weighted by Crippen LogP contribution is -2.37. The molecule has 6 nitrogen and oxygen atoms in total. The van der Waals surface area contributed by atoms with Crippen molar-refractivity contribution in [2.24, 2.45) is 0 Å². The van der Waals surface area contributed by atoms with Crippen molar-refractivity contribution in [3.63, 3.8) is 0 Å². The molecule has 0 spiro atoms. The molecule has 0 radical (unpaired) electrons. The zero-order chi connectivity index (χ0) is 13.7. The Kier molecular flexibility index (Phi) is 4.70. The number of hydrogen-bond acceptors (Lipinski definition) is 5. The number of aromatic nitrogens is 1. The maximum Gasteiger partial charge on any atom is 0.354 e. The number of rotatable bonds is 5. The van der Waals surface area contributed by atoms with E-state index in [0.29, 0.717) is 6.61 Å². The number of aliphatic hydroxyl groups is 1. The zero-order valence-corrected chi connectivity index (χ0v) is 10.7. The number of ether oxygens (including phenoxy) is 1. The predicted molar refractivity (Wildman–Crippen MR) is 69.5 cm³/mol. The number of carboxylic acids is 1. The number of hydrogen-bond donors (Lipinski definition) is 2. The van der Waals surface area contributed by atoms with Gasteiger partial charge in [0.15, 0.2) is 0 Å². The SMILES string of the molecule is O=C(O)c1ccc(N2CCC(OCCO)CC2)cn1. The molecule has 1 aromatic heterocycles. The summed E-state index contributed by atoms with van der Waals surface area (Å²) >= 11 is 0. The van der Waals surface area contributed by atoms with E-state index in [1.807, 2.05) is 0 Å². The molecule has 1 fully saturated rings. The molecule has 2 rings (SSSR count). The first-order chi connectivity index (χ1) is 9.20. The van der Waals surface area contributed by atoms with E-state index in [2.05, 4.69) is 9.88 Å². The molecule has 1 saturated heterocycles. The topological polar surface area (TPSA) is 82.9 Å². The maximum absolute atomic E-state index is 10.7. The van der Waals surface area contributed by atoms with E-state index in [1.54, 1.807) is 12.3 Å². The van der Waals surface area contributed by atoms with Crippen LogP contribution in [0.4, 0.5) is 5.69 Å². The molecular weight excluding hydrogens is 248 g/mol. The molecule has 0 aromatic carbocycles. The number of aliphatic hydroxyl groups excluding tert-OH is 1. The van der Waals surface area contributed by atoms with Crippen LogP contribution in [0.2, 0.25) is 0 Å². The Morgan fingerprint density at radius 3 is 2.68 bits per heavy atom. The fourth-order valence-corrected chi connectivity index (χ4v) is 2.20. The molecular formula is C13H18N2O4. The molecule has 2 heterocycles. The fourth-order valence-electron chi connectivity index (χ4n) is 2.20. The van der Waals surface area contributed by atoms with Crippen LogP contribution in [0.1, 0.15) is 23.3 Å². The van der Waals surface area contributed by atoms with Gasteiger partial charge in [-0.1, -0.05) is 0 Å². The summed E-state index contributed by atoms with van der Waals surface area (Å²) < 4.78 is 5.50. The van der Waals surface area contributed by atoms with E-state index in [0.717, 1.165) is 31.6 Å². The Balaban J connectivity index is 1.88. The van der Waals surface area contributed by atoms with Crippen LogP contribution in [-0.4, -0.2) is 53.6 Å². The van der Waals surface area contributed by atoms with Crippen molar-refractivity contribution in [2.45, 2.75) is 18.9 Å². The quantitative estimate of drug-likeness (QED) is 0.818. The second-order valence-electron chi connectivity index (χ2n) is 4.49. The van der Waals surface area contributed by atoms with Crippen molar-refractivity contribution in [2.75, 3.05) is 31.2 Å². The summed E-state index contributed by atoms with van der Waals surface area (Å²) in [6.07, 6.45) is 3.61.